The third-order valence-electron chi connectivity index (χ3n) is 5.18. The van der Waals surface area contributed by atoms with Gasteiger partial charge in [-0.15, -0.1) is 0 Å². The van der Waals surface area contributed by atoms with Crippen LogP contribution in [-0.2, 0) is 16.1 Å². The molecule has 31 heavy (non-hydrogen) atoms. The van der Waals surface area contributed by atoms with Crippen LogP contribution in [0.4, 0.5) is 0 Å². The van der Waals surface area contributed by atoms with E-state index < -0.39 is 6.04 Å². The van der Waals surface area contributed by atoms with Gasteiger partial charge in [-0.05, 0) is 37.5 Å². The van der Waals surface area contributed by atoms with E-state index in [0.29, 0.717) is 13.0 Å². The van der Waals surface area contributed by atoms with Gasteiger partial charge in [0.25, 0.3) is 0 Å². The van der Waals surface area contributed by atoms with Crippen molar-refractivity contribution in [2.24, 2.45) is 5.92 Å². The summed E-state index contributed by atoms with van der Waals surface area (Å²) < 4.78 is 1.88. The predicted octanol–water partition coefficient (Wildman–Crippen LogP) is 4.01. The van der Waals surface area contributed by atoms with Crippen molar-refractivity contribution in [1.29, 1.82) is 0 Å². The monoisotopic (exact) mass is 418 g/mol. The standard InChI is InChI=1S/C25H30N4O2/c1-17(2)15-23(30)27-24(20-11-7-5-8-12-20)25(31)26-16-22-18(3)28-29(19(22)4)21-13-9-6-10-14-21/h5-14,17,24H,15-16H2,1-4H3,(H,26,31)(H,27,30). The van der Waals surface area contributed by atoms with Gasteiger partial charge in [0.2, 0.25) is 11.8 Å². The lowest BCUT2D eigenvalue weighted by Gasteiger charge is -2.19. The Morgan fingerprint density at radius 2 is 1.58 bits per heavy atom. The van der Waals surface area contributed by atoms with Crippen LogP contribution >= 0.6 is 0 Å². The molecule has 0 aliphatic rings. The molecule has 6 nitrogen and oxygen atoms in total. The van der Waals surface area contributed by atoms with Gasteiger partial charge >= 0.3 is 0 Å². The van der Waals surface area contributed by atoms with E-state index >= 15 is 0 Å². The zero-order valence-electron chi connectivity index (χ0n) is 18.6. The zero-order chi connectivity index (χ0) is 22.4. The van der Waals surface area contributed by atoms with Crippen LogP contribution in [0.25, 0.3) is 5.69 Å². The van der Waals surface area contributed by atoms with E-state index in [4.69, 9.17) is 0 Å². The van der Waals surface area contributed by atoms with Crippen molar-refractivity contribution in [3.8, 4) is 5.69 Å². The predicted molar refractivity (Wildman–Crippen MR) is 122 cm³/mol. The molecular formula is C25H30N4O2. The van der Waals surface area contributed by atoms with Crippen LogP contribution in [0.5, 0.6) is 0 Å². The molecule has 1 atom stereocenters. The Morgan fingerprint density at radius 3 is 2.19 bits per heavy atom. The number of hydrogen-bond donors (Lipinski definition) is 2. The first kappa shape index (κ1) is 22.3. The molecule has 0 spiro atoms. The Kier molecular flexibility index (Phi) is 7.23. The highest BCUT2D eigenvalue weighted by Gasteiger charge is 2.23. The van der Waals surface area contributed by atoms with Crippen molar-refractivity contribution in [1.82, 2.24) is 20.4 Å². The van der Waals surface area contributed by atoms with Crippen LogP contribution in [0.3, 0.4) is 0 Å². The molecule has 6 heteroatoms. The minimum absolute atomic E-state index is 0.136. The van der Waals surface area contributed by atoms with E-state index in [-0.39, 0.29) is 17.7 Å². The fourth-order valence-electron chi connectivity index (χ4n) is 3.57. The maximum atomic E-state index is 13.1. The molecule has 1 aromatic heterocycles. The maximum absolute atomic E-state index is 13.1. The second-order valence-corrected chi connectivity index (χ2v) is 8.12. The normalized spacial score (nSPS) is 11.9. The zero-order valence-corrected chi connectivity index (χ0v) is 18.6. The van der Waals surface area contributed by atoms with Gasteiger partial charge in [0.05, 0.1) is 11.4 Å². The number of nitrogens with one attached hydrogen (secondary N) is 2. The Bertz CT molecular complexity index is 1030. The van der Waals surface area contributed by atoms with Gasteiger partial charge in [-0.1, -0.05) is 62.4 Å². The summed E-state index contributed by atoms with van der Waals surface area (Å²) in [5, 5.41) is 10.5. The largest absolute Gasteiger partial charge is 0.350 e. The molecule has 0 bridgehead atoms. The van der Waals surface area contributed by atoms with Crippen LogP contribution in [-0.4, -0.2) is 21.6 Å². The van der Waals surface area contributed by atoms with E-state index in [1.54, 1.807) is 0 Å². The van der Waals surface area contributed by atoms with Gasteiger partial charge < -0.3 is 10.6 Å². The molecule has 162 valence electrons. The first-order valence-corrected chi connectivity index (χ1v) is 10.6. The molecule has 2 amide bonds. The summed E-state index contributed by atoms with van der Waals surface area (Å²) in [6.45, 7) is 8.23. The Balaban J connectivity index is 1.77. The molecule has 2 N–H and O–H groups in total. The second kappa shape index (κ2) is 10.1. The van der Waals surface area contributed by atoms with Crippen LogP contribution in [0.15, 0.2) is 60.7 Å². The highest BCUT2D eigenvalue weighted by Crippen LogP contribution is 2.19. The fourth-order valence-corrected chi connectivity index (χ4v) is 3.57. The van der Waals surface area contributed by atoms with Crippen LogP contribution in [0.1, 0.15) is 48.8 Å². The first-order valence-electron chi connectivity index (χ1n) is 10.6. The number of carbonyl (C=O) groups excluding carboxylic acids is 2. The van der Waals surface area contributed by atoms with E-state index in [1.165, 1.54) is 0 Å². The van der Waals surface area contributed by atoms with E-state index in [9.17, 15) is 9.59 Å². The summed E-state index contributed by atoms with van der Waals surface area (Å²) in [5.74, 6) is -0.161. The number of hydrogen-bond acceptors (Lipinski definition) is 3. The molecule has 3 aromatic rings. The molecule has 1 heterocycles. The van der Waals surface area contributed by atoms with E-state index in [1.807, 2.05) is 93.0 Å². The van der Waals surface area contributed by atoms with Crippen molar-refractivity contribution in [2.45, 2.75) is 46.7 Å². The summed E-state index contributed by atoms with van der Waals surface area (Å²) in [6.07, 6.45) is 0.374. The lowest BCUT2D eigenvalue weighted by Crippen LogP contribution is -2.40. The number of benzene rings is 2. The van der Waals surface area contributed by atoms with Crippen molar-refractivity contribution < 1.29 is 9.59 Å². The Labute approximate surface area is 183 Å². The number of rotatable bonds is 8. The molecule has 1 unspecified atom stereocenters. The molecule has 3 rings (SSSR count). The number of para-hydroxylation sites is 1. The van der Waals surface area contributed by atoms with Gasteiger partial charge in [0.1, 0.15) is 6.04 Å². The minimum Gasteiger partial charge on any atom is -0.350 e. The first-order chi connectivity index (χ1) is 14.9. The third kappa shape index (κ3) is 5.60. The average Bonchev–Trinajstić information content (AvgIpc) is 3.04. The Morgan fingerprint density at radius 1 is 0.968 bits per heavy atom. The number of amides is 2. The highest BCUT2D eigenvalue weighted by molar-refractivity contribution is 5.88. The molecular weight excluding hydrogens is 388 g/mol. The van der Waals surface area contributed by atoms with E-state index in [2.05, 4.69) is 15.7 Å². The molecule has 0 aliphatic heterocycles. The highest BCUT2D eigenvalue weighted by atomic mass is 16.2. The van der Waals surface area contributed by atoms with E-state index in [0.717, 1.165) is 28.2 Å². The molecule has 0 saturated heterocycles. The summed E-state index contributed by atoms with van der Waals surface area (Å²) in [6, 6.07) is 18.5. The average molecular weight is 419 g/mol. The quantitative estimate of drug-likeness (QED) is 0.580. The third-order valence-corrected chi connectivity index (χ3v) is 5.18. The Hall–Kier alpha value is -3.41. The maximum Gasteiger partial charge on any atom is 0.247 e. The number of aromatic nitrogens is 2. The summed E-state index contributed by atoms with van der Waals surface area (Å²) in [5.41, 5.74) is 4.54. The SMILES string of the molecule is Cc1nn(-c2ccccc2)c(C)c1CNC(=O)C(NC(=O)CC(C)C)c1ccccc1. The molecule has 0 aliphatic carbocycles. The summed E-state index contributed by atoms with van der Waals surface area (Å²) in [7, 11) is 0. The number of nitrogens with zero attached hydrogens (tertiary/aromatic N) is 2. The molecule has 0 fully saturated rings. The number of carbonyl (C=O) groups is 2. The number of aryl methyl sites for hydroxylation is 1. The van der Waals surface area contributed by atoms with Crippen LogP contribution in [0.2, 0.25) is 0 Å². The second-order valence-electron chi connectivity index (χ2n) is 8.12. The van der Waals surface area contributed by atoms with Gasteiger partial charge in [-0.3, -0.25) is 9.59 Å². The lowest BCUT2D eigenvalue weighted by atomic mass is 10.0. The van der Waals surface area contributed by atoms with Crippen LogP contribution in [0, 0.1) is 19.8 Å². The van der Waals surface area contributed by atoms with Gasteiger partial charge in [0.15, 0.2) is 0 Å². The molecule has 0 radical (unpaired) electrons. The van der Waals surface area contributed by atoms with Crippen molar-refractivity contribution >= 4 is 11.8 Å². The summed E-state index contributed by atoms with van der Waals surface area (Å²) >= 11 is 0. The van der Waals surface area contributed by atoms with Crippen molar-refractivity contribution in [3.05, 3.63) is 83.2 Å². The fraction of sp³-hybridized carbons (Fsp3) is 0.320. The van der Waals surface area contributed by atoms with Crippen molar-refractivity contribution in [3.63, 3.8) is 0 Å². The van der Waals surface area contributed by atoms with Gasteiger partial charge in [-0.25, -0.2) is 4.68 Å². The minimum atomic E-state index is -0.739. The smallest absolute Gasteiger partial charge is 0.247 e. The van der Waals surface area contributed by atoms with Crippen LogP contribution < -0.4 is 10.6 Å². The van der Waals surface area contributed by atoms with Gasteiger partial charge in [0, 0.05) is 24.2 Å². The summed E-state index contributed by atoms with van der Waals surface area (Å²) in [4.78, 5) is 25.5. The topological polar surface area (TPSA) is 76.0 Å². The molecule has 2 aromatic carbocycles. The van der Waals surface area contributed by atoms with Gasteiger partial charge in [-0.2, -0.15) is 5.10 Å². The molecule has 0 saturated carbocycles. The lowest BCUT2D eigenvalue weighted by molar-refractivity contribution is -0.129. The van der Waals surface area contributed by atoms with Crippen molar-refractivity contribution in [2.75, 3.05) is 0 Å².